The first-order chi connectivity index (χ1) is 7.85. The van der Waals surface area contributed by atoms with E-state index in [4.69, 9.17) is 9.47 Å². The van der Waals surface area contributed by atoms with Crippen LogP contribution in [0.1, 0.15) is 12.1 Å². The fourth-order valence-corrected chi connectivity index (χ4v) is 1.72. The van der Waals surface area contributed by atoms with E-state index in [9.17, 15) is 0 Å². The summed E-state index contributed by atoms with van der Waals surface area (Å²) < 4.78 is 12.3. The third kappa shape index (κ3) is 2.17. The summed E-state index contributed by atoms with van der Waals surface area (Å²) in [5, 5.41) is 0. The summed E-state index contributed by atoms with van der Waals surface area (Å²) in [6, 6.07) is 3.87. The van der Waals surface area contributed by atoms with E-state index < -0.39 is 0 Å². The van der Waals surface area contributed by atoms with E-state index >= 15 is 0 Å². The lowest BCUT2D eigenvalue weighted by Crippen LogP contribution is -1.92. The second-order valence-electron chi connectivity index (χ2n) is 3.64. The van der Waals surface area contributed by atoms with Crippen LogP contribution in [0.5, 0.6) is 5.75 Å². The molecular formula is C12H16N2O2. The maximum absolute atomic E-state index is 5.26. The number of hydrogen-bond acceptors (Lipinski definition) is 3. The third-order valence-corrected chi connectivity index (χ3v) is 2.50. The van der Waals surface area contributed by atoms with Gasteiger partial charge in [0.25, 0.3) is 0 Å². The lowest BCUT2D eigenvalue weighted by Gasteiger charge is -1.99. The Hall–Kier alpha value is -1.55. The van der Waals surface area contributed by atoms with Crippen molar-refractivity contribution in [2.75, 3.05) is 20.8 Å². The van der Waals surface area contributed by atoms with Crippen molar-refractivity contribution in [1.29, 1.82) is 0 Å². The molecule has 0 spiro atoms. The van der Waals surface area contributed by atoms with Crippen LogP contribution < -0.4 is 4.74 Å². The minimum Gasteiger partial charge on any atom is -0.493 e. The van der Waals surface area contributed by atoms with Crippen molar-refractivity contribution in [3.63, 3.8) is 0 Å². The summed E-state index contributed by atoms with van der Waals surface area (Å²) in [6.45, 7) is 0.769. The Morgan fingerprint density at radius 3 is 3.00 bits per heavy atom. The normalized spacial score (nSPS) is 10.9. The average Bonchev–Trinajstić information content (AvgIpc) is 2.71. The van der Waals surface area contributed by atoms with Crippen molar-refractivity contribution in [1.82, 2.24) is 9.38 Å². The van der Waals surface area contributed by atoms with Gasteiger partial charge in [-0.1, -0.05) is 0 Å². The molecule has 0 fully saturated rings. The predicted molar refractivity (Wildman–Crippen MR) is 61.9 cm³/mol. The van der Waals surface area contributed by atoms with Crippen LogP contribution in [-0.4, -0.2) is 30.2 Å². The topological polar surface area (TPSA) is 35.8 Å². The molecule has 0 aliphatic heterocycles. The average molecular weight is 220 g/mol. The molecule has 0 saturated carbocycles. The summed E-state index contributed by atoms with van der Waals surface area (Å²) in [5.41, 5.74) is 1.94. The summed E-state index contributed by atoms with van der Waals surface area (Å²) in [7, 11) is 3.38. The van der Waals surface area contributed by atoms with Crippen molar-refractivity contribution in [3.8, 4) is 5.75 Å². The molecule has 2 aromatic rings. The number of fused-ring (bicyclic) bond motifs is 1. The van der Waals surface area contributed by atoms with Gasteiger partial charge < -0.3 is 13.9 Å². The van der Waals surface area contributed by atoms with Gasteiger partial charge in [0.05, 0.1) is 12.8 Å². The van der Waals surface area contributed by atoms with E-state index in [0.717, 1.165) is 36.5 Å². The van der Waals surface area contributed by atoms with E-state index in [1.165, 1.54) is 0 Å². The highest BCUT2D eigenvalue weighted by Gasteiger charge is 2.05. The van der Waals surface area contributed by atoms with Gasteiger partial charge in [0, 0.05) is 26.1 Å². The van der Waals surface area contributed by atoms with Gasteiger partial charge in [-0.2, -0.15) is 0 Å². The van der Waals surface area contributed by atoms with E-state index in [0.29, 0.717) is 0 Å². The SMILES string of the molecule is COCCCc1cn2cccc(OC)c2n1. The van der Waals surface area contributed by atoms with Gasteiger partial charge in [0.1, 0.15) is 0 Å². The Labute approximate surface area is 94.8 Å². The zero-order valence-corrected chi connectivity index (χ0v) is 9.64. The highest BCUT2D eigenvalue weighted by atomic mass is 16.5. The molecule has 86 valence electrons. The molecule has 0 aromatic carbocycles. The maximum atomic E-state index is 5.26. The van der Waals surface area contributed by atoms with Crippen LogP contribution >= 0.6 is 0 Å². The molecule has 16 heavy (non-hydrogen) atoms. The number of hydrogen-bond donors (Lipinski definition) is 0. The molecule has 4 heteroatoms. The molecule has 4 nitrogen and oxygen atoms in total. The summed E-state index contributed by atoms with van der Waals surface area (Å²) in [6.07, 6.45) is 5.93. The fraction of sp³-hybridized carbons (Fsp3) is 0.417. The van der Waals surface area contributed by atoms with Crippen molar-refractivity contribution >= 4 is 5.65 Å². The number of imidazole rings is 1. The number of aromatic nitrogens is 2. The number of rotatable bonds is 5. The van der Waals surface area contributed by atoms with Crippen LogP contribution in [0.15, 0.2) is 24.5 Å². The monoisotopic (exact) mass is 220 g/mol. The van der Waals surface area contributed by atoms with Gasteiger partial charge in [0.15, 0.2) is 11.4 Å². The van der Waals surface area contributed by atoms with Crippen LogP contribution in [-0.2, 0) is 11.2 Å². The minimum atomic E-state index is 0.769. The largest absolute Gasteiger partial charge is 0.493 e. The Bertz CT molecular complexity index is 465. The summed E-state index contributed by atoms with van der Waals surface area (Å²) in [4.78, 5) is 4.54. The van der Waals surface area contributed by atoms with E-state index in [-0.39, 0.29) is 0 Å². The Morgan fingerprint density at radius 2 is 2.25 bits per heavy atom. The number of methoxy groups -OCH3 is 2. The lowest BCUT2D eigenvalue weighted by molar-refractivity contribution is 0.195. The fourth-order valence-electron chi connectivity index (χ4n) is 1.72. The molecule has 0 aliphatic carbocycles. The highest BCUT2D eigenvalue weighted by Crippen LogP contribution is 2.18. The molecule has 2 heterocycles. The Morgan fingerprint density at radius 1 is 1.38 bits per heavy atom. The first-order valence-corrected chi connectivity index (χ1v) is 5.34. The molecule has 0 radical (unpaired) electrons. The van der Waals surface area contributed by atoms with E-state index in [1.807, 2.05) is 28.9 Å². The molecule has 2 aromatic heterocycles. The minimum absolute atomic E-state index is 0.769. The Balaban J connectivity index is 2.22. The van der Waals surface area contributed by atoms with Crippen molar-refractivity contribution < 1.29 is 9.47 Å². The van der Waals surface area contributed by atoms with Gasteiger partial charge in [-0.15, -0.1) is 0 Å². The number of pyridine rings is 1. The molecule has 0 aliphatic rings. The van der Waals surface area contributed by atoms with Gasteiger partial charge in [-0.3, -0.25) is 0 Å². The van der Waals surface area contributed by atoms with Crippen molar-refractivity contribution in [2.45, 2.75) is 12.8 Å². The second-order valence-corrected chi connectivity index (χ2v) is 3.64. The van der Waals surface area contributed by atoms with Crippen LogP contribution in [0.2, 0.25) is 0 Å². The molecular weight excluding hydrogens is 204 g/mol. The third-order valence-electron chi connectivity index (χ3n) is 2.50. The van der Waals surface area contributed by atoms with Crippen LogP contribution in [0, 0.1) is 0 Å². The molecule has 0 unspecified atom stereocenters. The standard InChI is InChI=1S/C12H16N2O2/c1-15-8-4-5-10-9-14-7-3-6-11(16-2)12(14)13-10/h3,6-7,9H,4-5,8H2,1-2H3. The molecule has 0 N–H and O–H groups in total. The Kier molecular flexibility index (Phi) is 3.41. The van der Waals surface area contributed by atoms with Gasteiger partial charge in [-0.25, -0.2) is 4.98 Å². The second kappa shape index (κ2) is 4.99. The van der Waals surface area contributed by atoms with Crippen molar-refractivity contribution in [3.05, 3.63) is 30.2 Å². The zero-order valence-electron chi connectivity index (χ0n) is 9.64. The molecule has 0 bridgehead atoms. The summed E-state index contributed by atoms with van der Waals surface area (Å²) in [5.74, 6) is 0.806. The van der Waals surface area contributed by atoms with Gasteiger partial charge in [0.2, 0.25) is 0 Å². The smallest absolute Gasteiger partial charge is 0.179 e. The number of nitrogens with zero attached hydrogens (tertiary/aromatic N) is 2. The molecule has 2 rings (SSSR count). The molecule has 0 saturated heterocycles. The van der Waals surface area contributed by atoms with E-state index in [2.05, 4.69) is 4.98 Å². The zero-order chi connectivity index (χ0) is 11.4. The van der Waals surface area contributed by atoms with Crippen LogP contribution in [0.25, 0.3) is 5.65 Å². The predicted octanol–water partition coefficient (Wildman–Crippen LogP) is 1.92. The summed E-state index contributed by atoms with van der Waals surface area (Å²) >= 11 is 0. The van der Waals surface area contributed by atoms with Crippen molar-refractivity contribution in [2.24, 2.45) is 0 Å². The first kappa shape index (κ1) is 11.0. The maximum Gasteiger partial charge on any atom is 0.179 e. The van der Waals surface area contributed by atoms with Crippen LogP contribution in [0.3, 0.4) is 0 Å². The molecule has 0 amide bonds. The number of aryl methyl sites for hydroxylation is 1. The van der Waals surface area contributed by atoms with Gasteiger partial charge >= 0.3 is 0 Å². The van der Waals surface area contributed by atoms with Crippen LogP contribution in [0.4, 0.5) is 0 Å². The first-order valence-electron chi connectivity index (χ1n) is 5.34. The van der Waals surface area contributed by atoms with E-state index in [1.54, 1.807) is 14.2 Å². The van der Waals surface area contributed by atoms with Gasteiger partial charge in [-0.05, 0) is 25.0 Å². The quantitative estimate of drug-likeness (QED) is 0.722. The molecule has 0 atom stereocenters. The highest BCUT2D eigenvalue weighted by molar-refractivity contribution is 5.54. The number of ether oxygens (including phenoxy) is 2. The lowest BCUT2D eigenvalue weighted by atomic mass is 10.3.